The average Bonchev–Trinajstić information content (AvgIpc) is 2.40. The number of nitrogens with one attached hydrogen (secondary N) is 2. The number of benzene rings is 2. The maximum atomic E-state index is 11.7. The van der Waals surface area contributed by atoms with Crippen LogP contribution in [-0.2, 0) is 0 Å². The summed E-state index contributed by atoms with van der Waals surface area (Å²) in [6.07, 6.45) is 1.38. The minimum atomic E-state index is -0.198. The van der Waals surface area contributed by atoms with Gasteiger partial charge in [-0.1, -0.05) is 15.9 Å². The molecule has 0 aliphatic rings. The van der Waals surface area contributed by atoms with Crippen LogP contribution in [0.3, 0.4) is 0 Å². The third kappa shape index (κ3) is 2.75. The SMILES string of the molecule is Cc1cc(Br)cc(Nc2cc3nc[nH]c(=O)c3cc2N)c1. The highest BCUT2D eigenvalue weighted by molar-refractivity contribution is 9.10. The second kappa shape index (κ2) is 5.21. The molecule has 0 unspecified atom stereocenters. The fourth-order valence-corrected chi connectivity index (χ4v) is 2.81. The Morgan fingerprint density at radius 3 is 2.81 bits per heavy atom. The van der Waals surface area contributed by atoms with E-state index < -0.39 is 0 Å². The molecule has 2 aromatic carbocycles. The molecule has 6 heteroatoms. The van der Waals surface area contributed by atoms with Gasteiger partial charge in [0.2, 0.25) is 0 Å². The number of aromatic nitrogens is 2. The summed E-state index contributed by atoms with van der Waals surface area (Å²) in [5.74, 6) is 0. The van der Waals surface area contributed by atoms with Gasteiger partial charge in [0.1, 0.15) is 0 Å². The number of rotatable bonds is 2. The predicted octanol–water partition coefficient (Wildman–Crippen LogP) is 3.32. The van der Waals surface area contributed by atoms with Gasteiger partial charge in [-0.25, -0.2) is 4.98 Å². The van der Waals surface area contributed by atoms with Gasteiger partial charge >= 0.3 is 0 Å². The summed E-state index contributed by atoms with van der Waals surface area (Å²) in [6.45, 7) is 2.01. The summed E-state index contributed by atoms with van der Waals surface area (Å²) in [7, 11) is 0. The fourth-order valence-electron chi connectivity index (χ4n) is 2.20. The van der Waals surface area contributed by atoms with Crippen molar-refractivity contribution in [3.63, 3.8) is 0 Å². The second-order valence-corrected chi connectivity index (χ2v) is 5.75. The van der Waals surface area contributed by atoms with E-state index in [9.17, 15) is 4.79 Å². The molecule has 0 bridgehead atoms. The highest BCUT2D eigenvalue weighted by Crippen LogP contribution is 2.28. The molecule has 3 rings (SSSR count). The molecule has 0 fully saturated rings. The Morgan fingerprint density at radius 2 is 2.05 bits per heavy atom. The van der Waals surface area contributed by atoms with E-state index in [1.807, 2.05) is 25.1 Å². The minimum absolute atomic E-state index is 0.198. The minimum Gasteiger partial charge on any atom is -0.397 e. The van der Waals surface area contributed by atoms with Crippen LogP contribution in [0.1, 0.15) is 5.56 Å². The van der Waals surface area contributed by atoms with Gasteiger partial charge in [-0.15, -0.1) is 0 Å². The molecule has 1 aromatic heterocycles. The standard InChI is InChI=1S/C15H13BrN4O/c1-8-2-9(16)4-10(3-8)20-14-6-13-11(5-12(14)17)15(21)19-7-18-13/h2-7,20H,17H2,1H3,(H,18,19,21). The molecule has 5 nitrogen and oxygen atoms in total. The number of aryl methyl sites for hydroxylation is 1. The van der Waals surface area contributed by atoms with E-state index in [4.69, 9.17) is 5.73 Å². The largest absolute Gasteiger partial charge is 0.397 e. The van der Waals surface area contributed by atoms with Crippen molar-refractivity contribution in [2.24, 2.45) is 0 Å². The van der Waals surface area contributed by atoms with Gasteiger partial charge in [-0.2, -0.15) is 0 Å². The molecule has 0 spiro atoms. The van der Waals surface area contributed by atoms with E-state index in [-0.39, 0.29) is 5.56 Å². The Hall–Kier alpha value is -2.34. The van der Waals surface area contributed by atoms with Crippen molar-refractivity contribution in [2.75, 3.05) is 11.1 Å². The van der Waals surface area contributed by atoms with Crippen LogP contribution in [0.2, 0.25) is 0 Å². The van der Waals surface area contributed by atoms with Crippen LogP contribution in [0.15, 0.2) is 45.9 Å². The number of hydrogen-bond donors (Lipinski definition) is 3. The van der Waals surface area contributed by atoms with Crippen LogP contribution >= 0.6 is 15.9 Å². The van der Waals surface area contributed by atoms with Gasteiger partial charge in [0.05, 0.1) is 28.6 Å². The molecule has 0 aliphatic heterocycles. The third-order valence-electron chi connectivity index (χ3n) is 3.13. The molecule has 0 atom stereocenters. The number of aromatic amines is 1. The Labute approximate surface area is 129 Å². The summed E-state index contributed by atoms with van der Waals surface area (Å²) >= 11 is 3.47. The van der Waals surface area contributed by atoms with Crippen LogP contribution in [0, 0.1) is 6.92 Å². The molecular weight excluding hydrogens is 332 g/mol. The molecule has 0 amide bonds. The summed E-state index contributed by atoms with van der Waals surface area (Å²) in [5.41, 5.74) is 9.69. The molecule has 1 heterocycles. The third-order valence-corrected chi connectivity index (χ3v) is 3.59. The lowest BCUT2D eigenvalue weighted by Crippen LogP contribution is -2.07. The first-order valence-corrected chi connectivity index (χ1v) is 7.13. The molecule has 106 valence electrons. The zero-order valence-electron chi connectivity index (χ0n) is 11.3. The van der Waals surface area contributed by atoms with E-state index >= 15 is 0 Å². The van der Waals surface area contributed by atoms with Crippen molar-refractivity contribution in [1.82, 2.24) is 9.97 Å². The predicted molar refractivity (Wildman–Crippen MR) is 88.9 cm³/mol. The van der Waals surface area contributed by atoms with Crippen LogP contribution in [0.5, 0.6) is 0 Å². The zero-order chi connectivity index (χ0) is 15.0. The normalized spacial score (nSPS) is 10.8. The summed E-state index contributed by atoms with van der Waals surface area (Å²) in [6, 6.07) is 9.40. The Kier molecular flexibility index (Phi) is 3.39. The lowest BCUT2D eigenvalue weighted by Gasteiger charge is -2.11. The summed E-state index contributed by atoms with van der Waals surface area (Å²) in [5, 5.41) is 3.74. The van der Waals surface area contributed by atoms with Crippen molar-refractivity contribution in [1.29, 1.82) is 0 Å². The van der Waals surface area contributed by atoms with Crippen molar-refractivity contribution in [3.05, 3.63) is 57.0 Å². The van der Waals surface area contributed by atoms with E-state index in [1.54, 1.807) is 12.1 Å². The molecule has 4 N–H and O–H groups in total. The van der Waals surface area contributed by atoms with E-state index in [0.717, 1.165) is 21.4 Å². The molecule has 0 radical (unpaired) electrons. The Bertz CT molecular complexity index is 868. The molecule has 0 saturated heterocycles. The highest BCUT2D eigenvalue weighted by atomic mass is 79.9. The number of nitrogens with zero attached hydrogens (tertiary/aromatic N) is 1. The lowest BCUT2D eigenvalue weighted by atomic mass is 10.1. The number of fused-ring (bicyclic) bond motifs is 1. The van der Waals surface area contributed by atoms with Crippen LogP contribution in [0.25, 0.3) is 10.9 Å². The quantitative estimate of drug-likeness (QED) is 0.622. The maximum absolute atomic E-state index is 11.7. The van der Waals surface area contributed by atoms with Crippen molar-refractivity contribution in [3.8, 4) is 0 Å². The van der Waals surface area contributed by atoms with Gasteiger partial charge in [0.25, 0.3) is 5.56 Å². The maximum Gasteiger partial charge on any atom is 0.258 e. The molecule has 0 saturated carbocycles. The second-order valence-electron chi connectivity index (χ2n) is 4.83. The number of H-pyrrole nitrogens is 1. The first-order chi connectivity index (χ1) is 10.0. The zero-order valence-corrected chi connectivity index (χ0v) is 12.9. The van der Waals surface area contributed by atoms with Crippen molar-refractivity contribution in [2.45, 2.75) is 6.92 Å². The fraction of sp³-hybridized carbons (Fsp3) is 0.0667. The van der Waals surface area contributed by atoms with Crippen LogP contribution < -0.4 is 16.6 Å². The number of anilines is 3. The van der Waals surface area contributed by atoms with Gasteiger partial charge < -0.3 is 16.0 Å². The van der Waals surface area contributed by atoms with Gasteiger partial charge in [-0.3, -0.25) is 4.79 Å². The first kappa shape index (κ1) is 13.6. The smallest absolute Gasteiger partial charge is 0.258 e. The number of nitrogen functional groups attached to an aromatic ring is 1. The van der Waals surface area contributed by atoms with Gasteiger partial charge in [0.15, 0.2) is 0 Å². The monoisotopic (exact) mass is 344 g/mol. The summed E-state index contributed by atoms with van der Waals surface area (Å²) < 4.78 is 0.985. The van der Waals surface area contributed by atoms with E-state index in [0.29, 0.717) is 16.6 Å². The van der Waals surface area contributed by atoms with Crippen LogP contribution in [-0.4, -0.2) is 9.97 Å². The highest BCUT2D eigenvalue weighted by Gasteiger charge is 2.07. The van der Waals surface area contributed by atoms with Gasteiger partial charge in [0, 0.05) is 10.2 Å². The van der Waals surface area contributed by atoms with Gasteiger partial charge in [-0.05, 0) is 42.8 Å². The molecule has 0 aliphatic carbocycles. The molecular formula is C15H13BrN4O. The lowest BCUT2D eigenvalue weighted by molar-refractivity contribution is 1.17. The average molecular weight is 345 g/mol. The van der Waals surface area contributed by atoms with E-state index in [1.165, 1.54) is 6.33 Å². The summed E-state index contributed by atoms with van der Waals surface area (Å²) in [4.78, 5) is 18.4. The topological polar surface area (TPSA) is 83.8 Å². The Morgan fingerprint density at radius 1 is 1.24 bits per heavy atom. The Balaban J connectivity index is 2.08. The molecule has 3 aromatic rings. The van der Waals surface area contributed by atoms with Crippen molar-refractivity contribution >= 4 is 43.9 Å². The van der Waals surface area contributed by atoms with E-state index in [2.05, 4.69) is 31.2 Å². The number of nitrogens with two attached hydrogens (primary N) is 1. The number of halogens is 1. The first-order valence-electron chi connectivity index (χ1n) is 6.34. The number of hydrogen-bond acceptors (Lipinski definition) is 4. The molecule has 21 heavy (non-hydrogen) atoms. The van der Waals surface area contributed by atoms with Crippen molar-refractivity contribution < 1.29 is 0 Å². The van der Waals surface area contributed by atoms with Crippen LogP contribution in [0.4, 0.5) is 17.1 Å².